The van der Waals surface area contributed by atoms with Crippen molar-refractivity contribution in [2.24, 2.45) is 0 Å². The van der Waals surface area contributed by atoms with E-state index in [0.29, 0.717) is 13.1 Å². The molecule has 1 saturated heterocycles. The molecule has 0 bridgehead atoms. The minimum absolute atomic E-state index is 0.0871. The Hall–Kier alpha value is -2.40. The first-order valence-corrected chi connectivity index (χ1v) is 8.35. The van der Waals surface area contributed by atoms with E-state index in [-0.39, 0.29) is 11.7 Å². The zero-order valence-corrected chi connectivity index (χ0v) is 13.7. The number of carbonyl (C=O) groups is 1. The van der Waals surface area contributed by atoms with Crippen LogP contribution >= 0.6 is 0 Å². The third kappa shape index (κ3) is 4.55. The molecular weight excluding hydrogens is 305 g/mol. The van der Waals surface area contributed by atoms with E-state index in [2.05, 4.69) is 10.2 Å². The maximum Gasteiger partial charge on any atom is 0.275 e. The van der Waals surface area contributed by atoms with Crippen LogP contribution in [0.25, 0.3) is 0 Å². The lowest BCUT2D eigenvalue weighted by Gasteiger charge is -2.33. The summed E-state index contributed by atoms with van der Waals surface area (Å²) in [6, 6.07) is 16.5. The number of halogens is 1. The molecule has 1 amide bonds. The fourth-order valence-corrected chi connectivity index (χ4v) is 3.00. The Morgan fingerprint density at radius 3 is 2.38 bits per heavy atom. The number of benzene rings is 2. The SMILES string of the molecule is O=C(C[NH+]1CCN(c2ccc(F)cc2)CC1)NCc1ccccc1. The standard InChI is InChI=1S/C19H22FN3O/c20-17-6-8-18(9-7-17)23-12-10-22(11-13-23)15-19(24)21-14-16-4-2-1-3-5-16/h1-9H,10-15H2,(H,21,24)/p+1. The van der Waals surface area contributed by atoms with E-state index in [0.717, 1.165) is 37.4 Å². The molecule has 0 aromatic heterocycles. The zero-order chi connectivity index (χ0) is 16.8. The Kier molecular flexibility index (Phi) is 5.43. The molecule has 24 heavy (non-hydrogen) atoms. The Bertz CT molecular complexity index is 652. The normalized spacial score (nSPS) is 15.3. The van der Waals surface area contributed by atoms with Gasteiger partial charge in [0.05, 0.1) is 26.2 Å². The molecule has 0 radical (unpaired) electrons. The summed E-state index contributed by atoms with van der Waals surface area (Å²) >= 11 is 0. The molecule has 0 unspecified atom stereocenters. The number of rotatable bonds is 5. The van der Waals surface area contributed by atoms with E-state index >= 15 is 0 Å². The first kappa shape index (κ1) is 16.5. The highest BCUT2D eigenvalue weighted by Gasteiger charge is 2.22. The Balaban J connectivity index is 1.41. The van der Waals surface area contributed by atoms with Crippen molar-refractivity contribution in [1.82, 2.24) is 5.32 Å². The van der Waals surface area contributed by atoms with Crippen molar-refractivity contribution in [2.45, 2.75) is 6.54 Å². The largest absolute Gasteiger partial charge is 0.360 e. The van der Waals surface area contributed by atoms with Crippen LogP contribution in [-0.4, -0.2) is 38.6 Å². The van der Waals surface area contributed by atoms with E-state index in [1.807, 2.05) is 42.5 Å². The Morgan fingerprint density at radius 2 is 1.71 bits per heavy atom. The number of hydrogen-bond donors (Lipinski definition) is 2. The summed E-state index contributed by atoms with van der Waals surface area (Å²) in [4.78, 5) is 15.6. The van der Waals surface area contributed by atoms with Crippen LogP contribution < -0.4 is 15.1 Å². The third-order valence-corrected chi connectivity index (χ3v) is 4.41. The summed E-state index contributed by atoms with van der Waals surface area (Å²) in [7, 11) is 0. The van der Waals surface area contributed by atoms with E-state index in [1.54, 1.807) is 0 Å². The first-order valence-electron chi connectivity index (χ1n) is 8.35. The van der Waals surface area contributed by atoms with Gasteiger partial charge in [-0.15, -0.1) is 0 Å². The molecule has 126 valence electrons. The van der Waals surface area contributed by atoms with Crippen LogP contribution in [-0.2, 0) is 11.3 Å². The van der Waals surface area contributed by atoms with Gasteiger partial charge in [-0.1, -0.05) is 30.3 Å². The minimum Gasteiger partial charge on any atom is -0.360 e. The van der Waals surface area contributed by atoms with Gasteiger partial charge in [0.2, 0.25) is 0 Å². The molecule has 3 rings (SSSR count). The molecule has 4 nitrogen and oxygen atoms in total. The van der Waals surface area contributed by atoms with Crippen molar-refractivity contribution < 1.29 is 14.1 Å². The summed E-state index contributed by atoms with van der Waals surface area (Å²) in [6.07, 6.45) is 0. The van der Waals surface area contributed by atoms with Crippen molar-refractivity contribution in [3.05, 3.63) is 66.0 Å². The van der Waals surface area contributed by atoms with Crippen LogP contribution in [0.4, 0.5) is 10.1 Å². The van der Waals surface area contributed by atoms with Gasteiger partial charge in [-0.3, -0.25) is 4.79 Å². The molecule has 5 heteroatoms. The molecule has 1 aliphatic heterocycles. The highest BCUT2D eigenvalue weighted by molar-refractivity contribution is 5.76. The van der Waals surface area contributed by atoms with E-state index in [4.69, 9.17) is 0 Å². The minimum atomic E-state index is -0.210. The van der Waals surface area contributed by atoms with Gasteiger partial charge in [0.25, 0.3) is 5.91 Å². The van der Waals surface area contributed by atoms with Gasteiger partial charge in [0.15, 0.2) is 6.54 Å². The third-order valence-electron chi connectivity index (χ3n) is 4.41. The molecule has 0 spiro atoms. The number of nitrogens with zero attached hydrogens (tertiary/aromatic N) is 1. The number of hydrogen-bond acceptors (Lipinski definition) is 2. The molecule has 2 N–H and O–H groups in total. The first-order chi connectivity index (χ1) is 11.7. The molecule has 1 fully saturated rings. The van der Waals surface area contributed by atoms with Gasteiger partial charge in [-0.2, -0.15) is 0 Å². The second-order valence-electron chi connectivity index (χ2n) is 6.15. The number of anilines is 1. The van der Waals surface area contributed by atoms with Crippen LogP contribution in [0.1, 0.15) is 5.56 Å². The molecule has 1 aliphatic rings. The summed E-state index contributed by atoms with van der Waals surface area (Å²) in [5.74, 6) is -0.123. The number of carbonyl (C=O) groups excluding carboxylic acids is 1. The summed E-state index contributed by atoms with van der Waals surface area (Å²) in [5, 5.41) is 2.98. The van der Waals surface area contributed by atoms with Crippen LogP contribution in [0.15, 0.2) is 54.6 Å². The van der Waals surface area contributed by atoms with Gasteiger partial charge < -0.3 is 15.1 Å². The second-order valence-corrected chi connectivity index (χ2v) is 6.15. The maximum absolute atomic E-state index is 13.0. The highest BCUT2D eigenvalue weighted by Crippen LogP contribution is 2.14. The van der Waals surface area contributed by atoms with E-state index in [1.165, 1.54) is 17.0 Å². The average molecular weight is 328 g/mol. The number of amides is 1. The van der Waals surface area contributed by atoms with Gasteiger partial charge in [0, 0.05) is 12.2 Å². The molecule has 0 saturated carbocycles. The monoisotopic (exact) mass is 328 g/mol. The van der Waals surface area contributed by atoms with E-state index < -0.39 is 0 Å². The molecule has 2 aromatic rings. The van der Waals surface area contributed by atoms with Gasteiger partial charge in [0.1, 0.15) is 5.82 Å². The van der Waals surface area contributed by atoms with Crippen molar-refractivity contribution in [1.29, 1.82) is 0 Å². The van der Waals surface area contributed by atoms with E-state index in [9.17, 15) is 9.18 Å². The smallest absolute Gasteiger partial charge is 0.275 e. The fraction of sp³-hybridized carbons (Fsp3) is 0.316. The quantitative estimate of drug-likeness (QED) is 0.854. The molecule has 0 atom stereocenters. The fourth-order valence-electron chi connectivity index (χ4n) is 3.00. The molecule has 1 heterocycles. The topological polar surface area (TPSA) is 36.8 Å². The lowest BCUT2D eigenvalue weighted by molar-refractivity contribution is -0.892. The predicted octanol–water partition coefficient (Wildman–Crippen LogP) is 0.847. The second kappa shape index (κ2) is 7.93. The summed E-state index contributed by atoms with van der Waals surface area (Å²) in [6.45, 7) is 4.67. The van der Waals surface area contributed by atoms with Gasteiger partial charge >= 0.3 is 0 Å². The van der Waals surface area contributed by atoms with Crippen LogP contribution in [0.2, 0.25) is 0 Å². The van der Waals surface area contributed by atoms with Crippen molar-refractivity contribution in [3.63, 3.8) is 0 Å². The number of nitrogens with one attached hydrogen (secondary N) is 2. The summed E-state index contributed by atoms with van der Waals surface area (Å²) in [5.41, 5.74) is 2.16. The van der Waals surface area contributed by atoms with Gasteiger partial charge in [-0.25, -0.2) is 4.39 Å². The van der Waals surface area contributed by atoms with Crippen LogP contribution in [0, 0.1) is 5.82 Å². The van der Waals surface area contributed by atoms with Gasteiger partial charge in [-0.05, 0) is 29.8 Å². The zero-order valence-electron chi connectivity index (χ0n) is 13.7. The van der Waals surface area contributed by atoms with Crippen LogP contribution in [0.5, 0.6) is 0 Å². The van der Waals surface area contributed by atoms with Crippen LogP contribution in [0.3, 0.4) is 0 Å². The Labute approximate surface area is 141 Å². The van der Waals surface area contributed by atoms with Crippen molar-refractivity contribution >= 4 is 11.6 Å². The number of piperazine rings is 1. The average Bonchev–Trinajstić information content (AvgIpc) is 2.62. The predicted molar refractivity (Wildman–Crippen MR) is 92.5 cm³/mol. The number of quaternary nitrogens is 1. The lowest BCUT2D eigenvalue weighted by Crippen LogP contribution is -3.15. The molecule has 0 aliphatic carbocycles. The van der Waals surface area contributed by atoms with Crippen molar-refractivity contribution in [3.8, 4) is 0 Å². The lowest BCUT2D eigenvalue weighted by atomic mass is 10.2. The maximum atomic E-state index is 13.0. The molecule has 2 aromatic carbocycles. The Morgan fingerprint density at radius 1 is 1.04 bits per heavy atom. The highest BCUT2D eigenvalue weighted by atomic mass is 19.1. The van der Waals surface area contributed by atoms with Crippen molar-refractivity contribution in [2.75, 3.05) is 37.6 Å². The summed E-state index contributed by atoms with van der Waals surface area (Å²) < 4.78 is 13.0. The molecular formula is C19H23FN3O+.